The predicted molar refractivity (Wildman–Crippen MR) is 101 cm³/mol. The molecule has 1 N–H and O–H groups in total. The number of hydrogen-bond acceptors (Lipinski definition) is 5. The first kappa shape index (κ1) is 16.9. The first-order valence-electron chi connectivity index (χ1n) is 8.86. The number of aromatic nitrogens is 3. The van der Waals surface area contributed by atoms with Crippen LogP contribution >= 0.6 is 11.3 Å². The van der Waals surface area contributed by atoms with Crippen molar-refractivity contribution in [2.24, 2.45) is 0 Å². The van der Waals surface area contributed by atoms with Gasteiger partial charge in [-0.2, -0.15) is 0 Å². The number of benzene rings is 1. The van der Waals surface area contributed by atoms with E-state index in [1.54, 1.807) is 11.3 Å². The second-order valence-corrected chi connectivity index (χ2v) is 7.73. The Balaban J connectivity index is 1.56. The molecule has 2 heterocycles. The fraction of sp³-hybridized carbons (Fsp3) is 0.368. The van der Waals surface area contributed by atoms with Crippen molar-refractivity contribution in [3.05, 3.63) is 56.7 Å². The van der Waals surface area contributed by atoms with Crippen LogP contribution in [0.1, 0.15) is 41.8 Å². The third-order valence-corrected chi connectivity index (χ3v) is 5.99. The number of nitrogens with one attached hydrogen (secondary N) is 1. The monoisotopic (exact) mass is 368 g/mol. The Morgan fingerprint density at radius 1 is 1.27 bits per heavy atom. The molecule has 1 amide bonds. The molecular formula is C19H20N4O2S. The molecule has 0 aliphatic heterocycles. The maximum absolute atomic E-state index is 12.8. The lowest BCUT2D eigenvalue weighted by Gasteiger charge is -2.14. The van der Waals surface area contributed by atoms with E-state index in [1.165, 1.54) is 9.56 Å². The lowest BCUT2D eigenvalue weighted by atomic mass is 9.97. The number of rotatable bonds is 4. The number of nitrogens with zero attached hydrogens (tertiary/aromatic N) is 3. The highest BCUT2D eigenvalue weighted by atomic mass is 32.1. The topological polar surface area (TPSA) is 76.9 Å². The van der Waals surface area contributed by atoms with Gasteiger partial charge < -0.3 is 5.32 Å². The molecule has 0 radical (unpaired) electrons. The van der Waals surface area contributed by atoms with E-state index in [2.05, 4.69) is 15.6 Å². The Kier molecular flexibility index (Phi) is 4.55. The van der Waals surface area contributed by atoms with Gasteiger partial charge in [0, 0.05) is 4.88 Å². The zero-order chi connectivity index (χ0) is 18.1. The number of carbonyl (C=O) groups is 1. The van der Waals surface area contributed by atoms with E-state index >= 15 is 0 Å². The van der Waals surface area contributed by atoms with Crippen molar-refractivity contribution in [3.8, 4) is 0 Å². The Hall–Kier alpha value is -2.54. The van der Waals surface area contributed by atoms with Crippen LogP contribution < -0.4 is 10.9 Å². The predicted octanol–water partition coefficient (Wildman–Crippen LogP) is 2.61. The molecule has 0 bridgehead atoms. The quantitative estimate of drug-likeness (QED) is 0.768. The van der Waals surface area contributed by atoms with Crippen molar-refractivity contribution in [3.63, 3.8) is 0 Å². The molecule has 1 aliphatic carbocycles. The van der Waals surface area contributed by atoms with Gasteiger partial charge in [-0.05, 0) is 43.7 Å². The van der Waals surface area contributed by atoms with Crippen LogP contribution in [-0.2, 0) is 24.2 Å². The molecule has 6 nitrogen and oxygen atoms in total. The smallest absolute Gasteiger partial charge is 0.279 e. The van der Waals surface area contributed by atoms with Crippen molar-refractivity contribution >= 4 is 27.5 Å². The van der Waals surface area contributed by atoms with E-state index < -0.39 is 0 Å². The molecule has 3 aromatic rings. The van der Waals surface area contributed by atoms with Gasteiger partial charge in [-0.1, -0.05) is 35.5 Å². The Bertz CT molecular complexity index is 1010. The summed E-state index contributed by atoms with van der Waals surface area (Å²) in [6.45, 7) is 1.80. The summed E-state index contributed by atoms with van der Waals surface area (Å²) in [5.41, 5.74) is 1.92. The molecule has 4 rings (SSSR count). The van der Waals surface area contributed by atoms with E-state index in [0.717, 1.165) is 36.8 Å². The van der Waals surface area contributed by atoms with E-state index in [-0.39, 0.29) is 24.1 Å². The van der Waals surface area contributed by atoms with Crippen LogP contribution in [0.2, 0.25) is 0 Å². The second-order valence-electron chi connectivity index (χ2n) is 6.64. The highest BCUT2D eigenvalue weighted by molar-refractivity contribution is 7.18. The summed E-state index contributed by atoms with van der Waals surface area (Å²) in [7, 11) is 0. The van der Waals surface area contributed by atoms with Gasteiger partial charge in [-0.15, -0.1) is 16.4 Å². The molecule has 134 valence electrons. The number of aryl methyl sites for hydroxylation is 2. The van der Waals surface area contributed by atoms with Crippen molar-refractivity contribution in [1.29, 1.82) is 0 Å². The summed E-state index contributed by atoms with van der Waals surface area (Å²) in [6.07, 6.45) is 4.16. The van der Waals surface area contributed by atoms with Gasteiger partial charge in [0.15, 0.2) is 4.83 Å². The molecule has 0 saturated heterocycles. The maximum Gasteiger partial charge on any atom is 0.279 e. The van der Waals surface area contributed by atoms with Crippen LogP contribution in [0, 0.1) is 0 Å². The van der Waals surface area contributed by atoms with Gasteiger partial charge in [-0.3, -0.25) is 9.59 Å². The van der Waals surface area contributed by atoms with Gasteiger partial charge in [0.05, 0.1) is 11.4 Å². The van der Waals surface area contributed by atoms with Crippen LogP contribution in [0.5, 0.6) is 0 Å². The van der Waals surface area contributed by atoms with Crippen molar-refractivity contribution in [2.45, 2.75) is 45.2 Å². The summed E-state index contributed by atoms with van der Waals surface area (Å²) in [5.74, 6) is -0.249. The van der Waals surface area contributed by atoms with Crippen LogP contribution in [0.15, 0.2) is 35.1 Å². The van der Waals surface area contributed by atoms with E-state index in [9.17, 15) is 9.59 Å². The van der Waals surface area contributed by atoms with Crippen molar-refractivity contribution in [1.82, 2.24) is 20.3 Å². The number of hydrogen-bond donors (Lipinski definition) is 1. The van der Waals surface area contributed by atoms with Gasteiger partial charge >= 0.3 is 0 Å². The number of fused-ring (bicyclic) bond motifs is 3. The minimum Gasteiger partial charge on any atom is -0.348 e. The van der Waals surface area contributed by atoms with Gasteiger partial charge in [0.25, 0.3) is 5.56 Å². The Morgan fingerprint density at radius 3 is 2.85 bits per heavy atom. The fourth-order valence-corrected chi connectivity index (χ4v) is 4.66. The summed E-state index contributed by atoms with van der Waals surface area (Å²) < 4.78 is 1.18. The van der Waals surface area contributed by atoms with E-state index in [0.29, 0.717) is 10.2 Å². The number of thiophene rings is 1. The molecule has 1 aromatic carbocycles. The lowest BCUT2D eigenvalue weighted by Crippen LogP contribution is -2.35. The molecular weight excluding hydrogens is 348 g/mol. The first-order chi connectivity index (χ1) is 12.6. The van der Waals surface area contributed by atoms with Crippen LogP contribution in [0.4, 0.5) is 0 Å². The lowest BCUT2D eigenvalue weighted by molar-refractivity contribution is -0.122. The average molecular weight is 368 g/mol. The summed E-state index contributed by atoms with van der Waals surface area (Å²) in [6, 6.07) is 9.58. The third-order valence-electron chi connectivity index (χ3n) is 4.81. The zero-order valence-corrected chi connectivity index (χ0v) is 15.4. The van der Waals surface area contributed by atoms with E-state index in [4.69, 9.17) is 0 Å². The number of carbonyl (C=O) groups excluding carboxylic acids is 1. The zero-order valence-electron chi connectivity index (χ0n) is 14.6. The summed E-state index contributed by atoms with van der Waals surface area (Å²) in [5, 5.41) is 11.7. The summed E-state index contributed by atoms with van der Waals surface area (Å²) in [4.78, 5) is 27.2. The average Bonchev–Trinajstić information content (AvgIpc) is 3.04. The first-order valence-corrected chi connectivity index (χ1v) is 9.67. The van der Waals surface area contributed by atoms with Gasteiger partial charge in [-0.25, -0.2) is 4.68 Å². The molecule has 1 aliphatic rings. The van der Waals surface area contributed by atoms with E-state index in [1.807, 2.05) is 37.3 Å². The largest absolute Gasteiger partial charge is 0.348 e. The normalized spacial score (nSPS) is 14.8. The molecule has 26 heavy (non-hydrogen) atoms. The second kappa shape index (κ2) is 6.99. The molecule has 2 aromatic heterocycles. The minimum absolute atomic E-state index is 0.121. The molecule has 0 unspecified atom stereocenters. The molecule has 0 fully saturated rings. The fourth-order valence-electron chi connectivity index (χ4n) is 3.46. The van der Waals surface area contributed by atoms with Crippen LogP contribution in [0.3, 0.4) is 0 Å². The van der Waals surface area contributed by atoms with Gasteiger partial charge in [0.1, 0.15) is 6.54 Å². The summed E-state index contributed by atoms with van der Waals surface area (Å²) >= 11 is 1.56. The molecule has 0 spiro atoms. The Labute approximate surface area is 154 Å². The SMILES string of the molecule is C[C@H](NC(=O)Cn1nnc2sc3c(c2c1=O)CCCC3)c1ccccc1. The molecule has 7 heteroatoms. The highest BCUT2D eigenvalue weighted by Gasteiger charge is 2.21. The molecule has 0 saturated carbocycles. The van der Waals surface area contributed by atoms with Crippen LogP contribution in [0.25, 0.3) is 10.2 Å². The van der Waals surface area contributed by atoms with Crippen LogP contribution in [-0.4, -0.2) is 20.9 Å². The van der Waals surface area contributed by atoms with Gasteiger partial charge in [0.2, 0.25) is 5.91 Å². The Morgan fingerprint density at radius 2 is 2.04 bits per heavy atom. The maximum atomic E-state index is 12.8. The van der Waals surface area contributed by atoms with Crippen molar-refractivity contribution in [2.75, 3.05) is 0 Å². The molecule has 1 atom stereocenters. The number of amides is 1. The third kappa shape index (κ3) is 3.14. The standard InChI is InChI=1S/C19H20N4O2S/c1-12(13-7-3-2-4-8-13)20-16(24)11-23-19(25)17-14-9-5-6-10-15(14)26-18(17)21-22-23/h2-4,7-8,12H,5-6,9-11H2,1H3,(H,20,24)/t12-/m0/s1. The van der Waals surface area contributed by atoms with Crippen molar-refractivity contribution < 1.29 is 4.79 Å². The minimum atomic E-state index is -0.249. The highest BCUT2D eigenvalue weighted by Crippen LogP contribution is 2.33.